The average Bonchev–Trinajstić information content (AvgIpc) is 2.33. The summed E-state index contributed by atoms with van der Waals surface area (Å²) in [5, 5.41) is 2.59. The van der Waals surface area contributed by atoms with Crippen molar-refractivity contribution in [3.63, 3.8) is 0 Å². The standard InChI is InChI=1S/C14H22FN3O2/c1-10(2)20-7-6-18(3)9-14(19)17-13-8-11(15)4-5-12(13)16/h4-5,8,10H,6-7,9,16H2,1-3H3,(H,17,19). The number of nitrogen functional groups attached to an aromatic ring is 1. The van der Waals surface area contributed by atoms with E-state index in [9.17, 15) is 9.18 Å². The first-order valence-electron chi connectivity index (χ1n) is 6.53. The number of ether oxygens (including phenoxy) is 1. The molecule has 0 spiro atoms. The largest absolute Gasteiger partial charge is 0.397 e. The van der Waals surface area contributed by atoms with Crippen molar-refractivity contribution in [2.45, 2.75) is 20.0 Å². The summed E-state index contributed by atoms with van der Waals surface area (Å²) in [6.45, 7) is 5.31. The highest BCUT2D eigenvalue weighted by Gasteiger charge is 2.09. The van der Waals surface area contributed by atoms with Crippen molar-refractivity contribution in [2.24, 2.45) is 0 Å². The summed E-state index contributed by atoms with van der Waals surface area (Å²) in [7, 11) is 1.82. The van der Waals surface area contributed by atoms with Gasteiger partial charge in [0.1, 0.15) is 5.82 Å². The van der Waals surface area contributed by atoms with Gasteiger partial charge in [0.2, 0.25) is 5.91 Å². The Morgan fingerprint density at radius 1 is 1.50 bits per heavy atom. The monoisotopic (exact) mass is 283 g/mol. The molecule has 1 rings (SSSR count). The SMILES string of the molecule is CC(C)OCCN(C)CC(=O)Nc1cc(F)ccc1N. The molecule has 1 amide bonds. The molecule has 3 N–H and O–H groups in total. The highest BCUT2D eigenvalue weighted by atomic mass is 19.1. The first kappa shape index (κ1) is 16.4. The first-order valence-corrected chi connectivity index (χ1v) is 6.53. The zero-order chi connectivity index (χ0) is 15.1. The molecular weight excluding hydrogens is 261 g/mol. The summed E-state index contributed by atoms with van der Waals surface area (Å²) in [6.07, 6.45) is 0.171. The Kier molecular flexibility index (Phi) is 6.41. The molecule has 0 aromatic heterocycles. The van der Waals surface area contributed by atoms with Crippen molar-refractivity contribution in [2.75, 3.05) is 37.8 Å². The Morgan fingerprint density at radius 2 is 2.20 bits per heavy atom. The van der Waals surface area contributed by atoms with Crippen molar-refractivity contribution in [1.29, 1.82) is 0 Å². The second-order valence-corrected chi connectivity index (χ2v) is 4.94. The van der Waals surface area contributed by atoms with Crippen LogP contribution in [0.15, 0.2) is 18.2 Å². The Balaban J connectivity index is 2.41. The molecular formula is C14H22FN3O2. The van der Waals surface area contributed by atoms with Crippen molar-refractivity contribution in [3.8, 4) is 0 Å². The van der Waals surface area contributed by atoms with E-state index in [1.807, 2.05) is 25.8 Å². The van der Waals surface area contributed by atoms with E-state index in [0.717, 1.165) is 0 Å². The van der Waals surface area contributed by atoms with E-state index < -0.39 is 5.82 Å². The third-order valence-electron chi connectivity index (χ3n) is 2.63. The molecule has 1 aromatic rings. The van der Waals surface area contributed by atoms with Gasteiger partial charge in [-0.2, -0.15) is 0 Å². The number of rotatable bonds is 7. The Morgan fingerprint density at radius 3 is 2.85 bits per heavy atom. The molecule has 0 bridgehead atoms. The molecule has 5 nitrogen and oxygen atoms in total. The minimum Gasteiger partial charge on any atom is -0.397 e. The molecule has 0 atom stereocenters. The number of carbonyl (C=O) groups excluding carboxylic acids is 1. The molecule has 20 heavy (non-hydrogen) atoms. The number of nitrogens with one attached hydrogen (secondary N) is 1. The number of hydrogen-bond acceptors (Lipinski definition) is 4. The van der Waals surface area contributed by atoms with Gasteiger partial charge in [0.15, 0.2) is 0 Å². The highest BCUT2D eigenvalue weighted by molar-refractivity contribution is 5.95. The van der Waals surface area contributed by atoms with Crippen molar-refractivity contribution >= 4 is 17.3 Å². The highest BCUT2D eigenvalue weighted by Crippen LogP contribution is 2.18. The minimum absolute atomic E-state index is 0.171. The fraction of sp³-hybridized carbons (Fsp3) is 0.500. The Hall–Kier alpha value is -1.66. The smallest absolute Gasteiger partial charge is 0.238 e. The van der Waals surface area contributed by atoms with Crippen LogP contribution < -0.4 is 11.1 Å². The lowest BCUT2D eigenvalue weighted by Crippen LogP contribution is -2.33. The van der Waals surface area contributed by atoms with Gasteiger partial charge in [-0.1, -0.05) is 0 Å². The van der Waals surface area contributed by atoms with Crippen LogP contribution in [-0.2, 0) is 9.53 Å². The summed E-state index contributed by atoms with van der Waals surface area (Å²) in [5.74, 6) is -0.678. The van der Waals surface area contributed by atoms with E-state index in [1.54, 1.807) is 0 Å². The Labute approximate surface area is 118 Å². The van der Waals surface area contributed by atoms with Crippen molar-refractivity contribution in [1.82, 2.24) is 4.90 Å². The number of amides is 1. The second kappa shape index (κ2) is 7.81. The summed E-state index contributed by atoms with van der Waals surface area (Å²) < 4.78 is 18.5. The van der Waals surface area contributed by atoms with Crippen LogP contribution in [0.25, 0.3) is 0 Å². The third kappa shape index (κ3) is 5.99. The van der Waals surface area contributed by atoms with Gasteiger partial charge in [-0.25, -0.2) is 4.39 Å². The first-order chi connectivity index (χ1) is 9.38. The molecule has 6 heteroatoms. The lowest BCUT2D eigenvalue weighted by atomic mass is 10.2. The van der Waals surface area contributed by atoms with E-state index in [2.05, 4.69) is 5.32 Å². The topological polar surface area (TPSA) is 67.6 Å². The van der Waals surface area contributed by atoms with Crippen LogP contribution in [0.3, 0.4) is 0 Å². The molecule has 0 unspecified atom stereocenters. The summed E-state index contributed by atoms with van der Waals surface area (Å²) in [5.41, 5.74) is 6.30. The zero-order valence-corrected chi connectivity index (χ0v) is 12.1. The number of likely N-dealkylation sites (N-methyl/N-ethyl adjacent to an activating group) is 1. The van der Waals surface area contributed by atoms with E-state index in [-0.39, 0.29) is 18.6 Å². The van der Waals surface area contributed by atoms with Gasteiger partial charge in [0.05, 0.1) is 30.6 Å². The molecule has 1 aromatic carbocycles. The van der Waals surface area contributed by atoms with Gasteiger partial charge in [-0.05, 0) is 39.1 Å². The minimum atomic E-state index is -0.437. The molecule has 0 saturated carbocycles. The number of anilines is 2. The number of hydrogen-bond donors (Lipinski definition) is 2. The maximum atomic E-state index is 13.1. The number of nitrogens with zero attached hydrogens (tertiary/aromatic N) is 1. The normalized spacial score (nSPS) is 11.1. The van der Waals surface area contributed by atoms with Crippen LogP contribution >= 0.6 is 0 Å². The Bertz CT molecular complexity index is 452. The number of benzene rings is 1. The summed E-state index contributed by atoms with van der Waals surface area (Å²) >= 11 is 0. The molecule has 0 aliphatic rings. The van der Waals surface area contributed by atoms with Crippen LogP contribution in [0, 0.1) is 5.82 Å². The predicted octanol–water partition coefficient (Wildman–Crippen LogP) is 1.70. The summed E-state index contributed by atoms with van der Waals surface area (Å²) in [4.78, 5) is 13.6. The van der Waals surface area contributed by atoms with Crippen LogP contribution in [0.1, 0.15) is 13.8 Å². The summed E-state index contributed by atoms with van der Waals surface area (Å²) in [6, 6.07) is 3.88. The maximum absolute atomic E-state index is 13.1. The fourth-order valence-corrected chi connectivity index (χ4v) is 1.59. The third-order valence-corrected chi connectivity index (χ3v) is 2.63. The maximum Gasteiger partial charge on any atom is 0.238 e. The molecule has 0 saturated heterocycles. The second-order valence-electron chi connectivity index (χ2n) is 4.94. The van der Waals surface area contributed by atoms with Gasteiger partial charge in [0, 0.05) is 6.54 Å². The average molecular weight is 283 g/mol. The van der Waals surface area contributed by atoms with Gasteiger partial charge < -0.3 is 15.8 Å². The molecule has 112 valence electrons. The molecule has 0 aliphatic carbocycles. The zero-order valence-electron chi connectivity index (χ0n) is 12.1. The van der Waals surface area contributed by atoms with Crippen LogP contribution in [0.5, 0.6) is 0 Å². The lowest BCUT2D eigenvalue weighted by molar-refractivity contribution is -0.117. The molecule has 0 aliphatic heterocycles. The predicted molar refractivity (Wildman–Crippen MR) is 78.0 cm³/mol. The van der Waals surface area contributed by atoms with E-state index in [0.29, 0.717) is 24.5 Å². The van der Waals surface area contributed by atoms with Gasteiger partial charge in [0.25, 0.3) is 0 Å². The van der Waals surface area contributed by atoms with Crippen LogP contribution in [-0.4, -0.2) is 43.7 Å². The quantitative estimate of drug-likeness (QED) is 0.747. The van der Waals surface area contributed by atoms with Gasteiger partial charge in [-0.3, -0.25) is 9.69 Å². The van der Waals surface area contributed by atoms with Gasteiger partial charge in [-0.15, -0.1) is 0 Å². The molecule has 0 radical (unpaired) electrons. The van der Waals surface area contributed by atoms with Crippen LogP contribution in [0.2, 0.25) is 0 Å². The fourth-order valence-electron chi connectivity index (χ4n) is 1.59. The van der Waals surface area contributed by atoms with Crippen molar-refractivity contribution < 1.29 is 13.9 Å². The van der Waals surface area contributed by atoms with E-state index in [4.69, 9.17) is 10.5 Å². The number of carbonyl (C=O) groups is 1. The van der Waals surface area contributed by atoms with E-state index in [1.165, 1.54) is 18.2 Å². The number of nitrogens with two attached hydrogens (primary N) is 1. The molecule has 0 fully saturated rings. The lowest BCUT2D eigenvalue weighted by Gasteiger charge is -2.17. The van der Waals surface area contributed by atoms with Gasteiger partial charge >= 0.3 is 0 Å². The number of halogens is 1. The van der Waals surface area contributed by atoms with Crippen LogP contribution in [0.4, 0.5) is 15.8 Å². The van der Waals surface area contributed by atoms with Crippen molar-refractivity contribution in [3.05, 3.63) is 24.0 Å². The van der Waals surface area contributed by atoms with E-state index >= 15 is 0 Å². The molecule has 0 heterocycles.